The molecule has 1 heterocycles. The van der Waals surface area contributed by atoms with Gasteiger partial charge in [-0.15, -0.1) is 0 Å². The Kier molecular flexibility index (Phi) is 6.29. The van der Waals surface area contributed by atoms with Crippen molar-refractivity contribution < 1.29 is 14.3 Å². The van der Waals surface area contributed by atoms with Gasteiger partial charge in [0.1, 0.15) is 11.5 Å². The summed E-state index contributed by atoms with van der Waals surface area (Å²) in [6, 6.07) is 13.5. The number of amides is 1. The number of nitrogens with zero attached hydrogens (tertiary/aromatic N) is 1. The van der Waals surface area contributed by atoms with E-state index in [-0.39, 0.29) is 12.5 Å². The lowest BCUT2D eigenvalue weighted by molar-refractivity contribution is -0.118. The minimum atomic E-state index is -0.231. The van der Waals surface area contributed by atoms with Crippen LogP contribution in [-0.2, 0) is 4.79 Å². The van der Waals surface area contributed by atoms with Gasteiger partial charge in [0.2, 0.25) is 0 Å². The van der Waals surface area contributed by atoms with Crippen LogP contribution in [0.1, 0.15) is 38.7 Å². The van der Waals surface area contributed by atoms with Gasteiger partial charge >= 0.3 is 0 Å². The highest BCUT2D eigenvalue weighted by Crippen LogP contribution is 2.30. The van der Waals surface area contributed by atoms with Crippen molar-refractivity contribution in [3.8, 4) is 11.5 Å². The molecule has 0 spiro atoms. The van der Waals surface area contributed by atoms with Crippen molar-refractivity contribution in [2.45, 2.75) is 33.1 Å². The fourth-order valence-electron chi connectivity index (χ4n) is 2.64. The monoisotopic (exact) mass is 384 g/mol. The average Bonchev–Trinajstić information content (AvgIpc) is 3.08. The Morgan fingerprint density at radius 3 is 2.48 bits per heavy atom. The van der Waals surface area contributed by atoms with Gasteiger partial charge in [0, 0.05) is 0 Å². The van der Waals surface area contributed by atoms with Gasteiger partial charge in [-0.25, -0.2) is 4.98 Å². The van der Waals surface area contributed by atoms with Gasteiger partial charge in [0.15, 0.2) is 11.7 Å². The van der Waals surface area contributed by atoms with Crippen molar-refractivity contribution in [2.24, 2.45) is 0 Å². The maximum Gasteiger partial charge on any atom is 0.264 e. The van der Waals surface area contributed by atoms with Gasteiger partial charge in [0.05, 0.1) is 16.8 Å². The van der Waals surface area contributed by atoms with Crippen LogP contribution in [0.25, 0.3) is 10.2 Å². The molecule has 0 aliphatic carbocycles. The lowest BCUT2D eigenvalue weighted by Crippen LogP contribution is -2.19. The second kappa shape index (κ2) is 8.86. The first kappa shape index (κ1) is 19.2. The summed E-state index contributed by atoms with van der Waals surface area (Å²) in [5.41, 5.74) is 2.19. The third kappa shape index (κ3) is 4.98. The summed E-state index contributed by atoms with van der Waals surface area (Å²) in [5.74, 6) is 1.68. The Morgan fingerprint density at radius 1 is 1.11 bits per heavy atom. The lowest BCUT2D eigenvalue weighted by Gasteiger charge is -2.07. The van der Waals surface area contributed by atoms with Crippen LogP contribution in [-0.4, -0.2) is 24.1 Å². The molecule has 2 aromatic carbocycles. The number of hydrogen-bond donors (Lipinski definition) is 1. The highest BCUT2D eigenvalue weighted by atomic mass is 32.1. The first-order chi connectivity index (χ1) is 13.1. The van der Waals surface area contributed by atoms with E-state index in [1.807, 2.05) is 25.1 Å². The van der Waals surface area contributed by atoms with Crippen molar-refractivity contribution in [3.05, 3.63) is 48.0 Å². The highest BCUT2D eigenvalue weighted by Gasteiger charge is 2.11. The molecule has 142 valence electrons. The van der Waals surface area contributed by atoms with Crippen molar-refractivity contribution in [1.82, 2.24) is 4.98 Å². The zero-order valence-corrected chi connectivity index (χ0v) is 16.6. The molecular weight excluding hydrogens is 360 g/mol. The van der Waals surface area contributed by atoms with E-state index >= 15 is 0 Å². The van der Waals surface area contributed by atoms with Crippen LogP contribution in [0.2, 0.25) is 0 Å². The van der Waals surface area contributed by atoms with Gasteiger partial charge in [-0.2, -0.15) is 0 Å². The molecule has 0 bridgehead atoms. The zero-order valence-electron chi connectivity index (χ0n) is 15.8. The summed E-state index contributed by atoms with van der Waals surface area (Å²) in [7, 11) is 0. The van der Waals surface area contributed by atoms with E-state index in [2.05, 4.69) is 36.3 Å². The molecule has 1 aromatic heterocycles. The van der Waals surface area contributed by atoms with Crippen LogP contribution in [0.15, 0.2) is 42.5 Å². The molecule has 1 N–H and O–H groups in total. The smallest absolute Gasteiger partial charge is 0.264 e. The Bertz CT molecular complexity index is 905. The van der Waals surface area contributed by atoms with E-state index < -0.39 is 0 Å². The molecule has 27 heavy (non-hydrogen) atoms. The Hall–Kier alpha value is -2.60. The fourth-order valence-corrected chi connectivity index (χ4v) is 3.57. The van der Waals surface area contributed by atoms with Crippen LogP contribution in [0, 0.1) is 0 Å². The van der Waals surface area contributed by atoms with E-state index in [0.29, 0.717) is 23.4 Å². The number of benzene rings is 2. The van der Waals surface area contributed by atoms with Gasteiger partial charge in [-0.3, -0.25) is 10.1 Å². The molecule has 3 aromatic rings. The van der Waals surface area contributed by atoms with E-state index in [0.717, 1.165) is 22.4 Å². The average molecular weight is 385 g/mol. The molecule has 0 saturated carbocycles. The summed E-state index contributed by atoms with van der Waals surface area (Å²) in [4.78, 5) is 16.6. The van der Waals surface area contributed by atoms with Crippen molar-refractivity contribution in [1.29, 1.82) is 0 Å². The number of carbonyl (C=O) groups excluding carboxylic acids is 1. The van der Waals surface area contributed by atoms with Gasteiger partial charge in [-0.05, 0) is 61.2 Å². The van der Waals surface area contributed by atoms with Crippen LogP contribution < -0.4 is 14.8 Å². The number of aromatic nitrogens is 1. The molecule has 5 nitrogen and oxygen atoms in total. The molecule has 0 fully saturated rings. The highest BCUT2D eigenvalue weighted by molar-refractivity contribution is 7.22. The lowest BCUT2D eigenvalue weighted by atomic mass is 9.99. The first-order valence-electron chi connectivity index (χ1n) is 9.15. The Balaban J connectivity index is 1.58. The van der Waals surface area contributed by atoms with Crippen molar-refractivity contribution >= 4 is 32.6 Å². The van der Waals surface area contributed by atoms with Crippen LogP contribution in [0.5, 0.6) is 11.5 Å². The molecule has 0 saturated heterocycles. The molecule has 0 aliphatic heterocycles. The summed E-state index contributed by atoms with van der Waals surface area (Å²) in [6.07, 6.45) is 1.09. The standard InChI is InChI=1S/C21H24N2O3S/c1-4-14(3)15-6-11-18-19(12-15)27-21(22-18)23-20(24)13-26-17-9-7-16(8-10-17)25-5-2/h6-12,14H,4-5,13H2,1-3H3,(H,22,23,24). The van der Waals surface area contributed by atoms with Crippen LogP contribution in [0.3, 0.4) is 0 Å². The van der Waals surface area contributed by atoms with Gasteiger partial charge < -0.3 is 9.47 Å². The maximum atomic E-state index is 12.2. The molecule has 0 radical (unpaired) electrons. The third-order valence-electron chi connectivity index (χ3n) is 4.34. The number of thiazole rings is 1. The summed E-state index contributed by atoms with van der Waals surface area (Å²) in [6.45, 7) is 6.87. The minimum Gasteiger partial charge on any atom is -0.494 e. The molecule has 3 rings (SSSR count). The van der Waals surface area contributed by atoms with E-state index in [1.165, 1.54) is 16.9 Å². The second-order valence-electron chi connectivity index (χ2n) is 6.30. The quantitative estimate of drug-likeness (QED) is 0.578. The SMILES string of the molecule is CCOc1ccc(OCC(=O)Nc2nc3ccc(C(C)CC)cc3s2)cc1. The fraction of sp³-hybridized carbons (Fsp3) is 0.333. The maximum absolute atomic E-state index is 12.2. The van der Waals surface area contributed by atoms with Crippen molar-refractivity contribution in [3.63, 3.8) is 0 Å². The second-order valence-corrected chi connectivity index (χ2v) is 7.33. The molecule has 0 aliphatic rings. The van der Waals surface area contributed by atoms with E-state index in [1.54, 1.807) is 12.1 Å². The molecule has 6 heteroatoms. The number of ether oxygens (including phenoxy) is 2. The third-order valence-corrected chi connectivity index (χ3v) is 5.28. The molecule has 1 amide bonds. The Morgan fingerprint density at radius 2 is 1.81 bits per heavy atom. The number of nitrogens with one attached hydrogen (secondary N) is 1. The Labute approximate surface area is 163 Å². The number of hydrogen-bond acceptors (Lipinski definition) is 5. The topological polar surface area (TPSA) is 60.5 Å². The zero-order chi connectivity index (χ0) is 19.2. The summed E-state index contributed by atoms with van der Waals surface area (Å²) in [5, 5.41) is 3.40. The summed E-state index contributed by atoms with van der Waals surface area (Å²) >= 11 is 1.48. The number of carbonyl (C=O) groups is 1. The van der Waals surface area contributed by atoms with Crippen LogP contribution >= 0.6 is 11.3 Å². The summed E-state index contributed by atoms with van der Waals surface area (Å²) < 4.78 is 12.0. The van der Waals surface area contributed by atoms with Gasteiger partial charge in [-0.1, -0.05) is 31.3 Å². The normalized spacial score (nSPS) is 12.0. The predicted octanol–water partition coefficient (Wildman–Crippen LogP) is 5.23. The predicted molar refractivity (Wildman–Crippen MR) is 110 cm³/mol. The molecule has 1 atom stereocenters. The molecular formula is C21H24N2O3S. The van der Waals surface area contributed by atoms with Crippen LogP contribution in [0.4, 0.5) is 5.13 Å². The number of fused-ring (bicyclic) bond motifs is 1. The number of anilines is 1. The van der Waals surface area contributed by atoms with Gasteiger partial charge in [0.25, 0.3) is 5.91 Å². The molecule has 1 unspecified atom stereocenters. The largest absolute Gasteiger partial charge is 0.494 e. The van der Waals surface area contributed by atoms with E-state index in [9.17, 15) is 4.79 Å². The number of rotatable bonds is 8. The minimum absolute atomic E-state index is 0.0674. The first-order valence-corrected chi connectivity index (χ1v) is 9.96. The van der Waals surface area contributed by atoms with Crippen molar-refractivity contribution in [2.75, 3.05) is 18.5 Å². The van der Waals surface area contributed by atoms with E-state index in [4.69, 9.17) is 9.47 Å².